The minimum Gasteiger partial charge on any atom is -0.356 e. The van der Waals surface area contributed by atoms with Gasteiger partial charge in [-0.05, 0) is 54.1 Å². The Bertz CT molecular complexity index is 938. The van der Waals surface area contributed by atoms with Crippen molar-refractivity contribution in [2.45, 2.75) is 11.8 Å². The molecular weight excluding hydrogens is 337 g/mol. The SMILES string of the molecule is Cc1ccc(Nc2ccc3cc(S(=O)(=O)O)ccc3c2)cc1.[K]. The number of nitrogens with one attached hydrogen (secondary N) is 1. The molecule has 0 heterocycles. The maximum absolute atomic E-state index is 11.2. The molecule has 113 valence electrons. The molecule has 0 aromatic heterocycles. The van der Waals surface area contributed by atoms with Crippen LogP contribution in [0.25, 0.3) is 10.8 Å². The zero-order valence-corrected chi connectivity index (χ0v) is 16.9. The normalized spacial score (nSPS) is 11.0. The third-order valence-electron chi connectivity index (χ3n) is 3.45. The number of aryl methyl sites for hydroxylation is 1. The molecular formula is C17H15KNO3S. The van der Waals surface area contributed by atoms with Crippen molar-refractivity contribution in [3.05, 3.63) is 66.2 Å². The second-order valence-corrected chi connectivity index (χ2v) is 6.61. The fourth-order valence-electron chi connectivity index (χ4n) is 2.27. The van der Waals surface area contributed by atoms with E-state index in [0.29, 0.717) is 0 Å². The average Bonchev–Trinajstić information content (AvgIpc) is 2.48. The summed E-state index contributed by atoms with van der Waals surface area (Å²) in [5.74, 6) is 0. The predicted molar refractivity (Wildman–Crippen MR) is 94.0 cm³/mol. The third-order valence-corrected chi connectivity index (χ3v) is 4.30. The van der Waals surface area contributed by atoms with Crippen LogP contribution in [0.5, 0.6) is 0 Å². The van der Waals surface area contributed by atoms with Gasteiger partial charge in [-0.3, -0.25) is 4.55 Å². The van der Waals surface area contributed by atoms with Gasteiger partial charge in [-0.2, -0.15) is 8.42 Å². The summed E-state index contributed by atoms with van der Waals surface area (Å²) in [6, 6.07) is 18.2. The Hall–Kier alpha value is -0.734. The number of anilines is 2. The Kier molecular flexibility index (Phi) is 6.02. The Morgan fingerprint density at radius 2 is 1.39 bits per heavy atom. The van der Waals surface area contributed by atoms with Crippen LogP contribution in [0.2, 0.25) is 0 Å². The van der Waals surface area contributed by atoms with E-state index in [-0.39, 0.29) is 56.3 Å². The van der Waals surface area contributed by atoms with Gasteiger partial charge in [-0.15, -0.1) is 0 Å². The van der Waals surface area contributed by atoms with E-state index in [2.05, 4.69) is 5.32 Å². The summed E-state index contributed by atoms with van der Waals surface area (Å²) in [5.41, 5.74) is 3.09. The molecule has 1 radical (unpaired) electrons. The second-order valence-electron chi connectivity index (χ2n) is 5.19. The first-order chi connectivity index (χ1) is 10.4. The summed E-state index contributed by atoms with van der Waals surface area (Å²) in [7, 11) is -4.17. The maximum atomic E-state index is 11.2. The molecule has 0 aliphatic heterocycles. The minimum absolute atomic E-state index is 0. The van der Waals surface area contributed by atoms with Crippen molar-refractivity contribution in [3.63, 3.8) is 0 Å². The number of hydrogen-bond donors (Lipinski definition) is 2. The van der Waals surface area contributed by atoms with Gasteiger partial charge in [0.05, 0.1) is 4.90 Å². The molecule has 0 bridgehead atoms. The maximum Gasteiger partial charge on any atom is 0.294 e. The van der Waals surface area contributed by atoms with E-state index in [9.17, 15) is 8.42 Å². The Morgan fingerprint density at radius 3 is 2.04 bits per heavy atom. The van der Waals surface area contributed by atoms with E-state index in [1.54, 1.807) is 6.07 Å². The summed E-state index contributed by atoms with van der Waals surface area (Å²) in [6.45, 7) is 2.03. The number of rotatable bonds is 3. The van der Waals surface area contributed by atoms with E-state index in [1.807, 2.05) is 49.4 Å². The molecule has 0 spiro atoms. The van der Waals surface area contributed by atoms with Crippen LogP contribution in [0, 0.1) is 6.92 Å². The van der Waals surface area contributed by atoms with E-state index in [4.69, 9.17) is 4.55 Å². The molecule has 0 saturated carbocycles. The van der Waals surface area contributed by atoms with Gasteiger partial charge in [0.25, 0.3) is 10.1 Å². The molecule has 6 heteroatoms. The van der Waals surface area contributed by atoms with Gasteiger partial charge >= 0.3 is 0 Å². The molecule has 3 aromatic rings. The zero-order valence-electron chi connectivity index (χ0n) is 12.9. The van der Waals surface area contributed by atoms with Gasteiger partial charge in [-0.25, -0.2) is 0 Å². The fourth-order valence-corrected chi connectivity index (χ4v) is 2.78. The Balaban J connectivity index is 0.00000192. The number of hydrogen-bond acceptors (Lipinski definition) is 3. The van der Waals surface area contributed by atoms with Gasteiger partial charge < -0.3 is 5.32 Å². The molecule has 0 amide bonds. The van der Waals surface area contributed by atoms with Crippen molar-refractivity contribution in [3.8, 4) is 0 Å². The molecule has 0 aliphatic rings. The summed E-state index contributed by atoms with van der Waals surface area (Å²) < 4.78 is 31.4. The van der Waals surface area contributed by atoms with E-state index in [0.717, 1.165) is 22.1 Å². The van der Waals surface area contributed by atoms with Gasteiger partial charge in [0.1, 0.15) is 0 Å². The molecule has 4 nitrogen and oxygen atoms in total. The molecule has 0 atom stereocenters. The molecule has 0 aliphatic carbocycles. The molecule has 3 rings (SSSR count). The molecule has 0 unspecified atom stereocenters. The average molecular weight is 352 g/mol. The molecule has 2 N–H and O–H groups in total. The topological polar surface area (TPSA) is 66.4 Å². The van der Waals surface area contributed by atoms with Gasteiger partial charge in [-0.1, -0.05) is 29.8 Å². The summed E-state index contributed by atoms with van der Waals surface area (Å²) >= 11 is 0. The van der Waals surface area contributed by atoms with E-state index < -0.39 is 10.1 Å². The van der Waals surface area contributed by atoms with Crippen LogP contribution in [-0.4, -0.2) is 64.4 Å². The standard InChI is InChI=1S/C17H15NO3S.K/c1-12-2-6-15(7-3-12)18-16-8-4-14-11-17(22(19,20)21)9-5-13(14)10-16;/h2-11,18H,1H3,(H,19,20,21);. The van der Waals surface area contributed by atoms with Gasteiger partial charge in [0.2, 0.25) is 0 Å². The molecule has 0 saturated heterocycles. The Morgan fingerprint density at radius 1 is 0.826 bits per heavy atom. The third kappa shape index (κ3) is 4.64. The quantitative estimate of drug-likeness (QED) is 0.556. The number of fused-ring (bicyclic) bond motifs is 1. The first-order valence-electron chi connectivity index (χ1n) is 6.77. The summed E-state index contributed by atoms with van der Waals surface area (Å²) in [6.07, 6.45) is 0. The van der Waals surface area contributed by atoms with Crippen LogP contribution in [0.4, 0.5) is 11.4 Å². The summed E-state index contributed by atoms with van der Waals surface area (Å²) in [5, 5.41) is 4.95. The summed E-state index contributed by atoms with van der Waals surface area (Å²) in [4.78, 5) is -0.0979. The monoisotopic (exact) mass is 352 g/mol. The van der Waals surface area contributed by atoms with Crippen molar-refractivity contribution in [2.75, 3.05) is 5.32 Å². The smallest absolute Gasteiger partial charge is 0.294 e. The largest absolute Gasteiger partial charge is 0.356 e. The van der Waals surface area contributed by atoms with E-state index >= 15 is 0 Å². The molecule has 0 fully saturated rings. The predicted octanol–water partition coefficient (Wildman–Crippen LogP) is 3.76. The first-order valence-corrected chi connectivity index (χ1v) is 8.21. The van der Waals surface area contributed by atoms with Crippen molar-refractivity contribution >= 4 is 83.6 Å². The molecule has 23 heavy (non-hydrogen) atoms. The molecule has 3 aromatic carbocycles. The van der Waals surface area contributed by atoms with Crippen LogP contribution in [0.15, 0.2) is 65.6 Å². The van der Waals surface area contributed by atoms with Gasteiger partial charge in [0.15, 0.2) is 0 Å². The van der Waals surface area contributed by atoms with Gasteiger partial charge in [0, 0.05) is 62.8 Å². The van der Waals surface area contributed by atoms with Crippen LogP contribution >= 0.6 is 0 Å². The Labute approximate surface area is 178 Å². The van der Waals surface area contributed by atoms with Crippen molar-refractivity contribution in [2.24, 2.45) is 0 Å². The van der Waals surface area contributed by atoms with Crippen LogP contribution in [0.1, 0.15) is 5.56 Å². The van der Waals surface area contributed by atoms with Crippen LogP contribution in [-0.2, 0) is 10.1 Å². The zero-order chi connectivity index (χ0) is 15.7. The van der Waals surface area contributed by atoms with Crippen LogP contribution < -0.4 is 5.32 Å². The minimum atomic E-state index is -4.17. The van der Waals surface area contributed by atoms with Crippen molar-refractivity contribution in [1.29, 1.82) is 0 Å². The van der Waals surface area contributed by atoms with Crippen LogP contribution in [0.3, 0.4) is 0 Å². The first kappa shape index (κ1) is 18.6. The number of benzene rings is 3. The van der Waals surface area contributed by atoms with Crippen molar-refractivity contribution in [1.82, 2.24) is 0 Å². The second kappa shape index (κ2) is 7.44. The van der Waals surface area contributed by atoms with Crippen molar-refractivity contribution < 1.29 is 13.0 Å². The fraction of sp³-hybridized carbons (Fsp3) is 0.0588. The van der Waals surface area contributed by atoms with E-state index in [1.165, 1.54) is 17.7 Å².